The van der Waals surface area contributed by atoms with E-state index in [1.165, 1.54) is 13.2 Å². The summed E-state index contributed by atoms with van der Waals surface area (Å²) < 4.78 is 5.07. The molecule has 25 heavy (non-hydrogen) atoms. The molecule has 2 aromatic carbocycles. The van der Waals surface area contributed by atoms with Gasteiger partial charge in [-0.3, -0.25) is 9.59 Å². The fourth-order valence-corrected chi connectivity index (χ4v) is 2.81. The number of rotatable bonds is 4. The minimum absolute atomic E-state index is 0.0270. The number of benzene rings is 2. The maximum Gasteiger partial charge on any atom is 0.283 e. The van der Waals surface area contributed by atoms with Gasteiger partial charge in [-0.15, -0.1) is 0 Å². The summed E-state index contributed by atoms with van der Waals surface area (Å²) in [6.45, 7) is 0. The largest absolute Gasteiger partial charge is 0.497 e. The van der Waals surface area contributed by atoms with Gasteiger partial charge in [0.05, 0.1) is 22.8 Å². The zero-order chi connectivity index (χ0) is 18.1. The van der Waals surface area contributed by atoms with E-state index in [0.717, 1.165) is 4.90 Å². The Bertz CT molecular complexity index is 895. The molecule has 1 N–H and O–H groups in total. The van der Waals surface area contributed by atoms with Gasteiger partial charge in [0, 0.05) is 5.69 Å². The van der Waals surface area contributed by atoms with E-state index in [2.05, 4.69) is 5.32 Å². The number of anilines is 2. The lowest BCUT2D eigenvalue weighted by atomic mass is 10.2. The molecule has 2 amide bonds. The fraction of sp³-hybridized carbons (Fsp3) is 0.0588. The van der Waals surface area contributed by atoms with E-state index in [1.54, 1.807) is 36.4 Å². The van der Waals surface area contributed by atoms with Crippen molar-refractivity contribution >= 4 is 58.0 Å². The maximum atomic E-state index is 12.6. The van der Waals surface area contributed by atoms with Gasteiger partial charge in [0.1, 0.15) is 16.5 Å². The molecule has 0 atom stereocenters. The summed E-state index contributed by atoms with van der Waals surface area (Å²) in [5.74, 6) is -0.568. The van der Waals surface area contributed by atoms with Gasteiger partial charge >= 0.3 is 0 Å². The molecule has 8 heteroatoms. The number of hydrogen-bond acceptors (Lipinski definition) is 4. The van der Waals surface area contributed by atoms with E-state index in [9.17, 15) is 9.59 Å². The summed E-state index contributed by atoms with van der Waals surface area (Å²) in [7, 11) is 1.53. The highest BCUT2D eigenvalue weighted by Gasteiger charge is 2.38. The normalized spacial score (nSPS) is 14.3. The molecule has 1 heterocycles. The number of nitrogens with one attached hydrogen (secondary N) is 1. The standard InChI is InChI=1S/C17H11Cl3N2O3/c1-25-11-5-3-10(4-6-11)22-16(23)14(20)15(17(22)24)21-9-2-7-12(18)13(19)8-9/h2-8,21H,1H3. The quantitative estimate of drug-likeness (QED) is 0.775. The molecule has 2 aromatic rings. The van der Waals surface area contributed by atoms with Gasteiger partial charge in [-0.1, -0.05) is 34.8 Å². The van der Waals surface area contributed by atoms with Crippen LogP contribution >= 0.6 is 34.8 Å². The third-order valence-corrected chi connectivity index (χ3v) is 4.64. The molecule has 0 unspecified atom stereocenters. The zero-order valence-electron chi connectivity index (χ0n) is 12.8. The Morgan fingerprint density at radius 1 is 0.920 bits per heavy atom. The van der Waals surface area contributed by atoms with Crippen molar-refractivity contribution < 1.29 is 14.3 Å². The van der Waals surface area contributed by atoms with Crippen molar-refractivity contribution in [1.82, 2.24) is 0 Å². The van der Waals surface area contributed by atoms with Gasteiger partial charge in [-0.05, 0) is 42.5 Å². The lowest BCUT2D eigenvalue weighted by Crippen LogP contribution is -2.32. The predicted octanol–water partition coefficient (Wildman–Crippen LogP) is 4.44. The molecule has 128 valence electrons. The van der Waals surface area contributed by atoms with E-state index < -0.39 is 11.8 Å². The number of imide groups is 1. The SMILES string of the molecule is COc1ccc(N2C(=O)C(Cl)=C(Nc3ccc(Cl)c(Cl)c3)C2=O)cc1. The van der Waals surface area contributed by atoms with E-state index in [4.69, 9.17) is 39.5 Å². The first-order valence-electron chi connectivity index (χ1n) is 7.07. The third kappa shape index (κ3) is 3.31. The van der Waals surface area contributed by atoms with Gasteiger partial charge in [0.2, 0.25) is 0 Å². The Hall–Kier alpha value is -2.21. The minimum atomic E-state index is -0.612. The number of halogens is 3. The van der Waals surface area contributed by atoms with Crippen molar-refractivity contribution in [3.05, 3.63) is 63.2 Å². The second-order valence-electron chi connectivity index (χ2n) is 5.09. The monoisotopic (exact) mass is 396 g/mol. The van der Waals surface area contributed by atoms with Crippen LogP contribution in [0.3, 0.4) is 0 Å². The van der Waals surface area contributed by atoms with Gasteiger partial charge < -0.3 is 10.1 Å². The van der Waals surface area contributed by atoms with Crippen molar-refractivity contribution in [2.24, 2.45) is 0 Å². The van der Waals surface area contributed by atoms with Crippen LogP contribution in [0.5, 0.6) is 5.75 Å². The van der Waals surface area contributed by atoms with Crippen LogP contribution in [0, 0.1) is 0 Å². The van der Waals surface area contributed by atoms with Gasteiger partial charge in [0.25, 0.3) is 11.8 Å². The van der Waals surface area contributed by atoms with Crippen LogP contribution in [0.25, 0.3) is 0 Å². The first-order chi connectivity index (χ1) is 11.9. The van der Waals surface area contributed by atoms with E-state index in [1.807, 2.05) is 0 Å². The molecular weight excluding hydrogens is 387 g/mol. The summed E-state index contributed by atoms with van der Waals surface area (Å²) in [5, 5.41) is 3.32. The number of carbonyl (C=O) groups is 2. The Morgan fingerprint density at radius 3 is 2.20 bits per heavy atom. The lowest BCUT2D eigenvalue weighted by Gasteiger charge is -2.15. The van der Waals surface area contributed by atoms with Crippen molar-refractivity contribution in [2.75, 3.05) is 17.3 Å². The van der Waals surface area contributed by atoms with Crippen LogP contribution in [0.2, 0.25) is 10.0 Å². The molecule has 0 spiro atoms. The highest BCUT2D eigenvalue weighted by molar-refractivity contribution is 6.53. The topological polar surface area (TPSA) is 58.6 Å². The van der Waals surface area contributed by atoms with Gasteiger partial charge in [-0.2, -0.15) is 0 Å². The summed E-state index contributed by atoms with van der Waals surface area (Å²) in [6.07, 6.45) is 0. The van der Waals surface area contributed by atoms with Crippen molar-refractivity contribution in [3.8, 4) is 5.75 Å². The maximum absolute atomic E-state index is 12.6. The fourth-order valence-electron chi connectivity index (χ4n) is 2.30. The van der Waals surface area contributed by atoms with Crippen LogP contribution in [0.4, 0.5) is 11.4 Å². The molecule has 3 rings (SSSR count). The van der Waals surface area contributed by atoms with E-state index in [-0.39, 0.29) is 10.7 Å². The van der Waals surface area contributed by atoms with Crippen molar-refractivity contribution in [1.29, 1.82) is 0 Å². The molecule has 1 aliphatic heterocycles. The number of carbonyl (C=O) groups excluding carboxylic acids is 2. The number of amides is 2. The number of ether oxygens (including phenoxy) is 1. The smallest absolute Gasteiger partial charge is 0.283 e. The molecule has 0 aliphatic carbocycles. The molecule has 0 fully saturated rings. The van der Waals surface area contributed by atoms with E-state index in [0.29, 0.717) is 27.2 Å². The summed E-state index contributed by atoms with van der Waals surface area (Å²) in [4.78, 5) is 26.0. The van der Waals surface area contributed by atoms with Crippen LogP contribution in [0.1, 0.15) is 0 Å². The lowest BCUT2D eigenvalue weighted by molar-refractivity contribution is -0.120. The third-order valence-electron chi connectivity index (χ3n) is 3.55. The Balaban J connectivity index is 1.89. The molecule has 0 radical (unpaired) electrons. The van der Waals surface area contributed by atoms with Gasteiger partial charge in [-0.25, -0.2) is 4.90 Å². The second kappa shape index (κ2) is 6.96. The van der Waals surface area contributed by atoms with Crippen LogP contribution in [-0.4, -0.2) is 18.9 Å². The Labute approximate surface area is 158 Å². The summed E-state index contributed by atoms with van der Waals surface area (Å²) in [6, 6.07) is 11.2. The average molecular weight is 398 g/mol. The first-order valence-corrected chi connectivity index (χ1v) is 8.20. The summed E-state index contributed by atoms with van der Waals surface area (Å²) in [5.41, 5.74) is 0.848. The minimum Gasteiger partial charge on any atom is -0.497 e. The first kappa shape index (κ1) is 17.6. The highest BCUT2D eigenvalue weighted by atomic mass is 35.5. The molecule has 1 aliphatic rings. The number of nitrogens with zero attached hydrogens (tertiary/aromatic N) is 1. The van der Waals surface area contributed by atoms with Crippen molar-refractivity contribution in [2.45, 2.75) is 0 Å². The van der Waals surface area contributed by atoms with E-state index >= 15 is 0 Å². The van der Waals surface area contributed by atoms with Crippen LogP contribution in [-0.2, 0) is 9.59 Å². The second-order valence-corrected chi connectivity index (χ2v) is 6.28. The van der Waals surface area contributed by atoms with Crippen LogP contribution in [0.15, 0.2) is 53.2 Å². The Morgan fingerprint density at radius 2 is 1.60 bits per heavy atom. The molecule has 5 nitrogen and oxygen atoms in total. The predicted molar refractivity (Wildman–Crippen MR) is 98.5 cm³/mol. The molecule has 0 bridgehead atoms. The highest BCUT2D eigenvalue weighted by Crippen LogP contribution is 2.32. The Kier molecular flexibility index (Phi) is 4.90. The molecule has 0 saturated heterocycles. The average Bonchev–Trinajstić information content (AvgIpc) is 2.82. The van der Waals surface area contributed by atoms with Crippen molar-refractivity contribution in [3.63, 3.8) is 0 Å². The number of methoxy groups -OCH3 is 1. The summed E-state index contributed by atoms with van der Waals surface area (Å²) >= 11 is 17.9. The molecule has 0 saturated carbocycles. The number of hydrogen-bond donors (Lipinski definition) is 1. The van der Waals surface area contributed by atoms with Gasteiger partial charge in [0.15, 0.2) is 0 Å². The molecular formula is C17H11Cl3N2O3. The molecule has 0 aromatic heterocycles. The van der Waals surface area contributed by atoms with Crippen LogP contribution < -0.4 is 15.0 Å². The zero-order valence-corrected chi connectivity index (χ0v) is 15.1.